The average molecular weight is 305 g/mol. The number of hydrogen-bond donors (Lipinski definition) is 0. The standard InChI is InChI=1S/C16H17BrO/c1-10-5-6-16(8-11(10)2)9-12-3-4-13(17)7-14(12)15(16)18/h3-4,7,11H,1,5-6,8-9H2,2H3. The minimum atomic E-state index is -0.135. The Hall–Kier alpha value is -0.890. The molecule has 2 aliphatic rings. The monoisotopic (exact) mass is 304 g/mol. The summed E-state index contributed by atoms with van der Waals surface area (Å²) in [6.07, 6.45) is 3.87. The predicted octanol–water partition coefficient (Wildman–Crippen LogP) is 4.55. The van der Waals surface area contributed by atoms with Crippen LogP contribution in [0.3, 0.4) is 0 Å². The lowest BCUT2D eigenvalue weighted by Crippen LogP contribution is -2.34. The third kappa shape index (κ3) is 1.70. The second-order valence-electron chi connectivity index (χ2n) is 5.85. The summed E-state index contributed by atoms with van der Waals surface area (Å²) in [5, 5.41) is 0. The van der Waals surface area contributed by atoms with Crippen molar-refractivity contribution in [3.8, 4) is 0 Å². The van der Waals surface area contributed by atoms with Gasteiger partial charge < -0.3 is 0 Å². The second-order valence-corrected chi connectivity index (χ2v) is 6.77. The van der Waals surface area contributed by atoms with E-state index in [-0.39, 0.29) is 5.41 Å². The molecule has 0 saturated heterocycles. The lowest BCUT2D eigenvalue weighted by molar-refractivity contribution is 0.0740. The second kappa shape index (κ2) is 4.06. The van der Waals surface area contributed by atoms with Crippen molar-refractivity contribution in [2.75, 3.05) is 0 Å². The molecule has 1 aromatic rings. The van der Waals surface area contributed by atoms with E-state index in [4.69, 9.17) is 0 Å². The predicted molar refractivity (Wildman–Crippen MR) is 76.8 cm³/mol. The normalized spacial score (nSPS) is 30.9. The number of allylic oxidation sites excluding steroid dienone is 1. The number of ketones is 1. The largest absolute Gasteiger partial charge is 0.294 e. The molecule has 1 nitrogen and oxygen atoms in total. The number of carbonyl (C=O) groups is 1. The highest BCUT2D eigenvalue weighted by Crippen LogP contribution is 2.50. The summed E-state index contributed by atoms with van der Waals surface area (Å²) >= 11 is 3.46. The number of fused-ring (bicyclic) bond motifs is 1. The molecule has 0 aromatic heterocycles. The molecule has 0 radical (unpaired) electrons. The van der Waals surface area contributed by atoms with Crippen molar-refractivity contribution in [1.29, 1.82) is 0 Å². The maximum atomic E-state index is 12.7. The number of Topliss-reactive ketones (excluding diaryl/α,β-unsaturated/α-hetero) is 1. The van der Waals surface area contributed by atoms with Gasteiger partial charge in [0, 0.05) is 15.5 Å². The highest BCUT2D eigenvalue weighted by Gasteiger charge is 2.47. The van der Waals surface area contributed by atoms with E-state index < -0.39 is 0 Å². The third-order valence-electron chi connectivity index (χ3n) is 4.65. The van der Waals surface area contributed by atoms with E-state index in [2.05, 4.69) is 35.5 Å². The van der Waals surface area contributed by atoms with E-state index in [9.17, 15) is 4.79 Å². The van der Waals surface area contributed by atoms with Crippen LogP contribution in [0, 0.1) is 11.3 Å². The van der Waals surface area contributed by atoms with Crippen LogP contribution in [-0.4, -0.2) is 5.78 Å². The topological polar surface area (TPSA) is 17.1 Å². The Kier molecular flexibility index (Phi) is 2.74. The molecule has 2 unspecified atom stereocenters. The first-order valence-electron chi connectivity index (χ1n) is 6.53. The molecular formula is C16H17BrO. The average Bonchev–Trinajstić information content (AvgIpc) is 2.59. The summed E-state index contributed by atoms with van der Waals surface area (Å²) in [5.41, 5.74) is 3.33. The van der Waals surface area contributed by atoms with Gasteiger partial charge in [0.1, 0.15) is 0 Å². The van der Waals surface area contributed by atoms with Crippen LogP contribution in [-0.2, 0) is 6.42 Å². The molecule has 2 atom stereocenters. The van der Waals surface area contributed by atoms with Gasteiger partial charge in [0.15, 0.2) is 5.78 Å². The van der Waals surface area contributed by atoms with Crippen molar-refractivity contribution in [2.45, 2.75) is 32.6 Å². The zero-order valence-electron chi connectivity index (χ0n) is 10.6. The maximum absolute atomic E-state index is 12.7. The van der Waals surface area contributed by atoms with Crippen LogP contribution in [0.2, 0.25) is 0 Å². The van der Waals surface area contributed by atoms with E-state index in [1.807, 2.05) is 12.1 Å². The van der Waals surface area contributed by atoms with Crippen molar-refractivity contribution in [2.24, 2.45) is 11.3 Å². The van der Waals surface area contributed by atoms with Gasteiger partial charge in [-0.05, 0) is 49.3 Å². The molecule has 0 N–H and O–H groups in total. The van der Waals surface area contributed by atoms with E-state index in [1.165, 1.54) is 11.1 Å². The molecule has 2 heteroatoms. The van der Waals surface area contributed by atoms with Crippen molar-refractivity contribution < 1.29 is 4.79 Å². The number of hydrogen-bond acceptors (Lipinski definition) is 1. The zero-order valence-corrected chi connectivity index (χ0v) is 12.2. The van der Waals surface area contributed by atoms with Crippen molar-refractivity contribution in [1.82, 2.24) is 0 Å². The molecule has 1 fully saturated rings. The minimum Gasteiger partial charge on any atom is -0.294 e. The van der Waals surface area contributed by atoms with E-state index in [1.54, 1.807) is 0 Å². The molecule has 18 heavy (non-hydrogen) atoms. The highest BCUT2D eigenvalue weighted by atomic mass is 79.9. The van der Waals surface area contributed by atoms with Crippen molar-refractivity contribution in [3.05, 3.63) is 46.0 Å². The molecule has 0 aliphatic heterocycles. The number of benzene rings is 1. The fraction of sp³-hybridized carbons (Fsp3) is 0.438. The third-order valence-corrected chi connectivity index (χ3v) is 5.14. The van der Waals surface area contributed by atoms with Crippen LogP contribution in [0.5, 0.6) is 0 Å². The summed E-state index contributed by atoms with van der Waals surface area (Å²) in [5.74, 6) is 0.832. The van der Waals surface area contributed by atoms with Crippen LogP contribution in [0.15, 0.2) is 34.8 Å². The quantitative estimate of drug-likeness (QED) is 0.643. The molecule has 1 aromatic carbocycles. The molecule has 2 aliphatic carbocycles. The molecule has 0 amide bonds. The Morgan fingerprint density at radius 2 is 2.22 bits per heavy atom. The van der Waals surface area contributed by atoms with Gasteiger partial charge in [-0.15, -0.1) is 0 Å². The van der Waals surface area contributed by atoms with Crippen LogP contribution in [0.25, 0.3) is 0 Å². The molecule has 1 saturated carbocycles. The molecule has 3 rings (SSSR count). The van der Waals surface area contributed by atoms with Gasteiger partial charge in [-0.3, -0.25) is 4.79 Å². The van der Waals surface area contributed by atoms with Gasteiger partial charge in [-0.1, -0.05) is 41.1 Å². The summed E-state index contributed by atoms with van der Waals surface area (Å²) in [7, 11) is 0. The lowest BCUT2D eigenvalue weighted by Gasteiger charge is -2.36. The van der Waals surface area contributed by atoms with Gasteiger partial charge in [-0.25, -0.2) is 0 Å². The van der Waals surface area contributed by atoms with E-state index in [0.717, 1.165) is 35.7 Å². The fourth-order valence-electron chi connectivity index (χ4n) is 3.49. The van der Waals surface area contributed by atoms with Gasteiger partial charge in [0.25, 0.3) is 0 Å². The Labute approximate surface area is 116 Å². The maximum Gasteiger partial charge on any atom is 0.169 e. The molecular weight excluding hydrogens is 288 g/mol. The Balaban J connectivity index is 1.99. The van der Waals surface area contributed by atoms with Crippen molar-refractivity contribution in [3.63, 3.8) is 0 Å². The fourth-order valence-corrected chi connectivity index (χ4v) is 3.85. The Morgan fingerprint density at radius 3 is 2.94 bits per heavy atom. The minimum absolute atomic E-state index is 0.135. The van der Waals surface area contributed by atoms with Crippen molar-refractivity contribution >= 4 is 21.7 Å². The summed E-state index contributed by atoms with van der Waals surface area (Å²) in [4.78, 5) is 12.7. The van der Waals surface area contributed by atoms with Crippen LogP contribution in [0.4, 0.5) is 0 Å². The van der Waals surface area contributed by atoms with E-state index in [0.29, 0.717) is 11.7 Å². The summed E-state index contributed by atoms with van der Waals surface area (Å²) in [6, 6.07) is 6.12. The van der Waals surface area contributed by atoms with Crippen LogP contribution >= 0.6 is 15.9 Å². The number of rotatable bonds is 0. The van der Waals surface area contributed by atoms with Gasteiger partial charge in [0.05, 0.1) is 0 Å². The Bertz CT molecular complexity index is 546. The van der Waals surface area contributed by atoms with Gasteiger partial charge >= 0.3 is 0 Å². The smallest absolute Gasteiger partial charge is 0.169 e. The molecule has 0 heterocycles. The SMILES string of the molecule is C=C1CCC2(Cc3ccc(Br)cc3C2=O)CC1C. The van der Waals surface area contributed by atoms with Gasteiger partial charge in [-0.2, -0.15) is 0 Å². The summed E-state index contributed by atoms with van der Waals surface area (Å²) in [6.45, 7) is 6.32. The number of carbonyl (C=O) groups excluding carboxylic acids is 1. The van der Waals surface area contributed by atoms with Gasteiger partial charge in [0.2, 0.25) is 0 Å². The molecule has 0 bridgehead atoms. The molecule has 94 valence electrons. The molecule has 1 spiro atoms. The van der Waals surface area contributed by atoms with E-state index >= 15 is 0 Å². The highest BCUT2D eigenvalue weighted by molar-refractivity contribution is 9.10. The first-order valence-corrected chi connectivity index (χ1v) is 7.32. The first kappa shape index (κ1) is 12.2. The Morgan fingerprint density at radius 1 is 1.44 bits per heavy atom. The zero-order chi connectivity index (χ0) is 12.9. The van der Waals surface area contributed by atoms with Crippen LogP contribution in [0.1, 0.15) is 42.1 Å². The van der Waals surface area contributed by atoms with Crippen LogP contribution < -0.4 is 0 Å². The number of halogens is 1. The first-order chi connectivity index (χ1) is 8.52. The lowest BCUT2D eigenvalue weighted by atomic mass is 9.66. The summed E-state index contributed by atoms with van der Waals surface area (Å²) < 4.78 is 1.000.